The van der Waals surface area contributed by atoms with E-state index in [-0.39, 0.29) is 5.60 Å². The summed E-state index contributed by atoms with van der Waals surface area (Å²) < 4.78 is 6.02. The smallest absolute Gasteiger partial charge is 0.222 e. The van der Waals surface area contributed by atoms with Gasteiger partial charge in [-0.05, 0) is 34.1 Å². The lowest BCUT2D eigenvalue weighted by molar-refractivity contribution is 0.0976. The minimum atomic E-state index is -0.201. The lowest BCUT2D eigenvalue weighted by Gasteiger charge is -2.25. The van der Waals surface area contributed by atoms with Crippen LogP contribution in [0.5, 0.6) is 5.88 Å². The van der Waals surface area contributed by atoms with Gasteiger partial charge < -0.3 is 10.1 Å². The van der Waals surface area contributed by atoms with E-state index >= 15 is 0 Å². The minimum absolute atomic E-state index is 0.201. The number of aromatic nitrogens is 2. The van der Waals surface area contributed by atoms with Gasteiger partial charge in [-0.3, -0.25) is 0 Å². The fourth-order valence-corrected chi connectivity index (χ4v) is 1.47. The average molecular weight is 251 g/mol. The van der Waals surface area contributed by atoms with Crippen LogP contribution < -0.4 is 10.1 Å². The van der Waals surface area contributed by atoms with Crippen molar-refractivity contribution in [2.24, 2.45) is 0 Å². The molecule has 18 heavy (non-hydrogen) atoms. The van der Waals surface area contributed by atoms with E-state index < -0.39 is 0 Å². The van der Waals surface area contributed by atoms with Gasteiger partial charge in [0.1, 0.15) is 17.2 Å². The van der Waals surface area contributed by atoms with Crippen LogP contribution >= 0.6 is 0 Å². The third kappa shape index (κ3) is 3.59. The summed E-state index contributed by atoms with van der Waals surface area (Å²) in [6.07, 6.45) is 1.75. The molecule has 0 spiro atoms. The molecule has 0 bridgehead atoms. The van der Waals surface area contributed by atoms with Gasteiger partial charge in [0, 0.05) is 13.0 Å². The molecule has 1 aromatic rings. The Labute approximate surface area is 110 Å². The number of nitrogens with one attached hydrogen (secondary N) is 1. The molecule has 102 valence electrons. The van der Waals surface area contributed by atoms with Crippen LogP contribution in [0.2, 0.25) is 0 Å². The van der Waals surface area contributed by atoms with Crippen LogP contribution in [0.15, 0.2) is 0 Å². The lowest BCUT2D eigenvalue weighted by atomic mass is 10.1. The number of rotatable bonds is 6. The van der Waals surface area contributed by atoms with Crippen molar-refractivity contribution in [1.82, 2.24) is 9.97 Å². The summed E-state index contributed by atoms with van der Waals surface area (Å²) in [6.45, 7) is 13.2. The largest absolute Gasteiger partial charge is 0.471 e. The van der Waals surface area contributed by atoms with E-state index in [9.17, 15) is 0 Å². The molecule has 0 aliphatic carbocycles. The average Bonchev–Trinajstić information content (AvgIpc) is 2.34. The van der Waals surface area contributed by atoms with Crippen LogP contribution in [0.3, 0.4) is 0 Å². The van der Waals surface area contributed by atoms with Gasteiger partial charge in [-0.25, -0.2) is 4.98 Å². The van der Waals surface area contributed by atoms with Crippen molar-refractivity contribution in [2.75, 3.05) is 11.9 Å². The van der Waals surface area contributed by atoms with E-state index in [2.05, 4.69) is 49.9 Å². The zero-order chi connectivity index (χ0) is 13.8. The molecule has 1 heterocycles. The van der Waals surface area contributed by atoms with Crippen molar-refractivity contribution in [3.8, 4) is 5.88 Å². The Balaban J connectivity index is 3.13. The van der Waals surface area contributed by atoms with Crippen molar-refractivity contribution < 1.29 is 4.74 Å². The molecule has 1 rings (SSSR count). The molecule has 0 saturated carbocycles. The van der Waals surface area contributed by atoms with Crippen LogP contribution in [-0.4, -0.2) is 22.1 Å². The number of ether oxygens (including phenoxy) is 1. The Morgan fingerprint density at radius 1 is 1.17 bits per heavy atom. The van der Waals surface area contributed by atoms with E-state index in [0.29, 0.717) is 5.88 Å². The fraction of sp³-hybridized carbons (Fsp3) is 0.714. The maximum Gasteiger partial charge on any atom is 0.222 e. The fourth-order valence-electron chi connectivity index (χ4n) is 1.47. The third-order valence-corrected chi connectivity index (χ3v) is 3.03. The van der Waals surface area contributed by atoms with Gasteiger partial charge in [0.05, 0.1) is 5.56 Å². The Hall–Kier alpha value is -1.32. The first-order valence-corrected chi connectivity index (χ1v) is 6.73. The SMILES string of the molecule is CCNc1nc(CC)nc(OC(C)(C)CC)c1C. The molecule has 1 aromatic heterocycles. The number of hydrogen-bond donors (Lipinski definition) is 1. The first-order valence-electron chi connectivity index (χ1n) is 6.73. The highest BCUT2D eigenvalue weighted by molar-refractivity contribution is 5.48. The van der Waals surface area contributed by atoms with E-state index in [1.807, 2.05) is 6.92 Å². The molecular formula is C14H25N3O. The molecule has 4 heteroatoms. The van der Waals surface area contributed by atoms with Crippen molar-refractivity contribution >= 4 is 5.82 Å². The summed E-state index contributed by atoms with van der Waals surface area (Å²) >= 11 is 0. The second kappa shape index (κ2) is 6.03. The van der Waals surface area contributed by atoms with E-state index in [0.717, 1.165) is 36.6 Å². The predicted molar refractivity (Wildman–Crippen MR) is 75.3 cm³/mol. The van der Waals surface area contributed by atoms with Gasteiger partial charge in [0.2, 0.25) is 5.88 Å². The molecule has 0 atom stereocenters. The summed E-state index contributed by atoms with van der Waals surface area (Å²) in [5, 5.41) is 3.26. The quantitative estimate of drug-likeness (QED) is 0.842. The second-order valence-electron chi connectivity index (χ2n) is 5.02. The number of hydrogen-bond acceptors (Lipinski definition) is 4. The number of nitrogens with zero attached hydrogens (tertiary/aromatic N) is 2. The van der Waals surface area contributed by atoms with E-state index in [1.54, 1.807) is 0 Å². The van der Waals surface area contributed by atoms with Gasteiger partial charge in [-0.2, -0.15) is 4.98 Å². The molecule has 0 saturated heterocycles. The summed E-state index contributed by atoms with van der Waals surface area (Å²) in [5.74, 6) is 2.40. The predicted octanol–water partition coefficient (Wildman–Crippen LogP) is 3.35. The van der Waals surface area contributed by atoms with Crippen molar-refractivity contribution in [1.29, 1.82) is 0 Å². The summed E-state index contributed by atoms with van der Waals surface area (Å²) in [4.78, 5) is 8.99. The monoisotopic (exact) mass is 251 g/mol. The minimum Gasteiger partial charge on any atom is -0.471 e. The normalized spacial score (nSPS) is 11.4. The Kier molecular flexibility index (Phi) is 4.93. The summed E-state index contributed by atoms with van der Waals surface area (Å²) in [5.41, 5.74) is 0.781. The van der Waals surface area contributed by atoms with Crippen LogP contribution in [-0.2, 0) is 6.42 Å². The Morgan fingerprint density at radius 3 is 2.33 bits per heavy atom. The van der Waals surface area contributed by atoms with Crippen LogP contribution in [0.1, 0.15) is 52.4 Å². The third-order valence-electron chi connectivity index (χ3n) is 3.03. The van der Waals surface area contributed by atoms with Crippen molar-refractivity contribution in [2.45, 2.75) is 60.0 Å². The molecular weight excluding hydrogens is 226 g/mol. The molecule has 0 aromatic carbocycles. The molecule has 0 radical (unpaired) electrons. The number of anilines is 1. The summed E-state index contributed by atoms with van der Waals surface area (Å²) in [6, 6.07) is 0. The molecule has 0 fully saturated rings. The zero-order valence-electron chi connectivity index (χ0n) is 12.4. The highest BCUT2D eigenvalue weighted by atomic mass is 16.5. The standard InChI is InChI=1S/C14H25N3O/c1-7-11-16-12(15-9-3)10(4)13(17-11)18-14(5,6)8-2/h7-9H2,1-6H3,(H,15,16,17). The molecule has 0 aliphatic rings. The lowest BCUT2D eigenvalue weighted by Crippen LogP contribution is -2.28. The molecule has 4 nitrogen and oxygen atoms in total. The van der Waals surface area contributed by atoms with Crippen molar-refractivity contribution in [3.05, 3.63) is 11.4 Å². The summed E-state index contributed by atoms with van der Waals surface area (Å²) in [7, 11) is 0. The zero-order valence-corrected chi connectivity index (χ0v) is 12.4. The molecule has 1 N–H and O–H groups in total. The highest BCUT2D eigenvalue weighted by Gasteiger charge is 2.21. The van der Waals surface area contributed by atoms with Gasteiger partial charge in [-0.15, -0.1) is 0 Å². The highest BCUT2D eigenvalue weighted by Crippen LogP contribution is 2.26. The second-order valence-corrected chi connectivity index (χ2v) is 5.02. The Morgan fingerprint density at radius 2 is 1.83 bits per heavy atom. The first kappa shape index (κ1) is 14.7. The number of aryl methyl sites for hydroxylation is 1. The topological polar surface area (TPSA) is 47.0 Å². The molecule has 0 aliphatic heterocycles. The van der Waals surface area contributed by atoms with Gasteiger partial charge in [0.15, 0.2) is 0 Å². The van der Waals surface area contributed by atoms with Gasteiger partial charge >= 0.3 is 0 Å². The van der Waals surface area contributed by atoms with Gasteiger partial charge in [0.25, 0.3) is 0 Å². The maximum atomic E-state index is 6.02. The molecule has 0 unspecified atom stereocenters. The molecule has 0 amide bonds. The van der Waals surface area contributed by atoms with Crippen LogP contribution in [0, 0.1) is 6.92 Å². The van der Waals surface area contributed by atoms with Crippen LogP contribution in [0.4, 0.5) is 5.82 Å². The van der Waals surface area contributed by atoms with Crippen molar-refractivity contribution in [3.63, 3.8) is 0 Å². The maximum absolute atomic E-state index is 6.02. The van der Waals surface area contributed by atoms with E-state index in [1.165, 1.54) is 0 Å². The van der Waals surface area contributed by atoms with E-state index in [4.69, 9.17) is 4.74 Å². The van der Waals surface area contributed by atoms with Crippen LogP contribution in [0.25, 0.3) is 0 Å². The van der Waals surface area contributed by atoms with Gasteiger partial charge in [-0.1, -0.05) is 13.8 Å². The first-order chi connectivity index (χ1) is 8.43. The Bertz CT molecular complexity index is 402.